The predicted octanol–water partition coefficient (Wildman–Crippen LogP) is 2.84. The van der Waals surface area contributed by atoms with Crippen LogP contribution in [-0.4, -0.2) is 29.9 Å². The van der Waals surface area contributed by atoms with Gasteiger partial charge in [-0.15, -0.1) is 0 Å². The molecule has 1 fully saturated rings. The van der Waals surface area contributed by atoms with Gasteiger partial charge in [-0.05, 0) is 23.3 Å². The molecule has 1 aliphatic rings. The Balaban J connectivity index is 1.67. The lowest BCUT2D eigenvalue weighted by atomic mass is 9.95. The minimum Gasteiger partial charge on any atom is -0.340 e. The Hall–Kier alpha value is -1.84. The molecule has 1 heterocycles. The summed E-state index contributed by atoms with van der Waals surface area (Å²) in [4.78, 5) is 14.3. The number of carbonyl (C=O) groups is 1. The van der Waals surface area contributed by atoms with E-state index < -0.39 is 0 Å². The average Bonchev–Trinajstić information content (AvgIpc) is 2.90. The van der Waals surface area contributed by atoms with E-state index in [9.17, 15) is 4.79 Å². The summed E-state index contributed by atoms with van der Waals surface area (Å²) < 4.78 is 0. The zero-order valence-electron chi connectivity index (χ0n) is 12.3. The van der Waals surface area contributed by atoms with E-state index in [2.05, 4.69) is 12.1 Å². The van der Waals surface area contributed by atoms with E-state index >= 15 is 0 Å². The van der Waals surface area contributed by atoms with Crippen molar-refractivity contribution in [1.29, 1.82) is 0 Å². The van der Waals surface area contributed by atoms with Crippen LogP contribution in [0, 0.1) is 0 Å². The lowest BCUT2D eigenvalue weighted by molar-refractivity contribution is -0.129. The van der Waals surface area contributed by atoms with Crippen LogP contribution >= 0.6 is 11.6 Å². The largest absolute Gasteiger partial charge is 0.340 e. The van der Waals surface area contributed by atoms with Crippen LogP contribution in [0.15, 0.2) is 54.6 Å². The fraction of sp³-hybridized carbons (Fsp3) is 0.278. The third-order valence-corrected chi connectivity index (χ3v) is 4.43. The molecule has 3 rings (SSSR count). The molecule has 0 saturated carbocycles. The van der Waals surface area contributed by atoms with Gasteiger partial charge in [-0.25, -0.2) is 0 Å². The Morgan fingerprint density at radius 3 is 2.64 bits per heavy atom. The van der Waals surface area contributed by atoms with Crippen LogP contribution in [0.2, 0.25) is 5.02 Å². The number of halogens is 1. The smallest absolute Gasteiger partial charge is 0.227 e. The van der Waals surface area contributed by atoms with Crippen molar-refractivity contribution in [3.05, 3.63) is 70.7 Å². The summed E-state index contributed by atoms with van der Waals surface area (Å²) in [6, 6.07) is 17.6. The molecule has 1 saturated heterocycles. The Kier molecular flexibility index (Phi) is 4.46. The first-order valence-electron chi connectivity index (χ1n) is 7.46. The van der Waals surface area contributed by atoms with E-state index in [1.54, 1.807) is 0 Å². The number of nitrogens with two attached hydrogens (primary N) is 1. The van der Waals surface area contributed by atoms with Gasteiger partial charge in [-0.1, -0.05) is 54.1 Å². The van der Waals surface area contributed by atoms with Crippen molar-refractivity contribution in [1.82, 2.24) is 4.90 Å². The van der Waals surface area contributed by atoms with Crippen molar-refractivity contribution in [2.75, 3.05) is 13.1 Å². The van der Waals surface area contributed by atoms with Crippen molar-refractivity contribution in [2.45, 2.75) is 18.4 Å². The summed E-state index contributed by atoms with van der Waals surface area (Å²) >= 11 is 5.97. The molecule has 2 N–H and O–H groups in total. The van der Waals surface area contributed by atoms with Gasteiger partial charge in [0.05, 0.1) is 6.42 Å². The lowest BCUT2D eigenvalue weighted by Gasteiger charge is -2.16. The van der Waals surface area contributed by atoms with Gasteiger partial charge < -0.3 is 10.6 Å². The molecule has 0 unspecified atom stereocenters. The van der Waals surface area contributed by atoms with E-state index in [4.69, 9.17) is 17.3 Å². The standard InChI is InChI=1S/C18H19ClN2O/c19-15-8-4-5-13(9-15)10-18(22)21-11-16(17(20)12-21)14-6-2-1-3-7-14/h1-9,16-17H,10-12,20H2/t16-,17+/m0/s1. The molecule has 114 valence electrons. The molecule has 3 nitrogen and oxygen atoms in total. The number of rotatable bonds is 3. The molecular formula is C18H19ClN2O. The molecule has 0 bridgehead atoms. The zero-order chi connectivity index (χ0) is 15.5. The third-order valence-electron chi connectivity index (χ3n) is 4.19. The summed E-state index contributed by atoms with van der Waals surface area (Å²) in [5.74, 6) is 0.320. The van der Waals surface area contributed by atoms with Gasteiger partial charge in [0.15, 0.2) is 0 Å². The molecule has 2 aromatic carbocycles. The summed E-state index contributed by atoms with van der Waals surface area (Å²) in [6.07, 6.45) is 0.370. The van der Waals surface area contributed by atoms with Crippen LogP contribution in [-0.2, 0) is 11.2 Å². The zero-order valence-corrected chi connectivity index (χ0v) is 13.0. The molecule has 0 spiro atoms. The summed E-state index contributed by atoms with van der Waals surface area (Å²) in [5, 5.41) is 0.658. The second kappa shape index (κ2) is 6.51. The second-order valence-corrected chi connectivity index (χ2v) is 6.22. The van der Waals surface area contributed by atoms with Gasteiger partial charge >= 0.3 is 0 Å². The highest BCUT2D eigenvalue weighted by atomic mass is 35.5. The molecule has 4 heteroatoms. The maximum Gasteiger partial charge on any atom is 0.227 e. The quantitative estimate of drug-likeness (QED) is 0.947. The molecule has 0 radical (unpaired) electrons. The molecule has 1 aliphatic heterocycles. The SMILES string of the molecule is N[C@@H]1CN(C(=O)Cc2cccc(Cl)c2)C[C@H]1c1ccccc1. The van der Waals surface area contributed by atoms with E-state index in [-0.39, 0.29) is 17.9 Å². The Bertz CT molecular complexity index is 659. The molecule has 22 heavy (non-hydrogen) atoms. The van der Waals surface area contributed by atoms with E-state index in [1.165, 1.54) is 5.56 Å². The summed E-state index contributed by atoms with van der Waals surface area (Å²) in [7, 11) is 0. The van der Waals surface area contributed by atoms with Crippen molar-refractivity contribution < 1.29 is 4.79 Å². The third kappa shape index (κ3) is 3.32. The van der Waals surface area contributed by atoms with Crippen LogP contribution in [0.5, 0.6) is 0 Å². The van der Waals surface area contributed by atoms with Crippen molar-refractivity contribution in [3.8, 4) is 0 Å². The summed E-state index contributed by atoms with van der Waals surface area (Å²) in [6.45, 7) is 1.30. The van der Waals surface area contributed by atoms with Crippen molar-refractivity contribution >= 4 is 17.5 Å². The highest BCUT2D eigenvalue weighted by Gasteiger charge is 2.33. The highest BCUT2D eigenvalue weighted by Crippen LogP contribution is 2.26. The van der Waals surface area contributed by atoms with Crippen LogP contribution in [0.1, 0.15) is 17.0 Å². The first-order chi connectivity index (χ1) is 10.6. The number of hydrogen-bond acceptors (Lipinski definition) is 2. The van der Waals surface area contributed by atoms with E-state index in [0.717, 1.165) is 5.56 Å². The van der Waals surface area contributed by atoms with Crippen LogP contribution in [0.3, 0.4) is 0 Å². The minimum atomic E-state index is -0.00860. The van der Waals surface area contributed by atoms with Gasteiger partial charge in [0.25, 0.3) is 0 Å². The lowest BCUT2D eigenvalue weighted by Crippen LogP contribution is -2.33. The molecular weight excluding hydrogens is 296 g/mol. The summed E-state index contributed by atoms with van der Waals surface area (Å²) in [5.41, 5.74) is 8.38. The fourth-order valence-corrected chi connectivity index (χ4v) is 3.23. The number of amides is 1. The van der Waals surface area contributed by atoms with E-state index in [0.29, 0.717) is 24.5 Å². The molecule has 0 aliphatic carbocycles. The van der Waals surface area contributed by atoms with Gasteiger partial charge in [0.1, 0.15) is 0 Å². The maximum absolute atomic E-state index is 12.5. The fourth-order valence-electron chi connectivity index (χ4n) is 3.02. The molecule has 0 aromatic heterocycles. The molecule has 2 atom stereocenters. The second-order valence-electron chi connectivity index (χ2n) is 5.79. The predicted molar refractivity (Wildman–Crippen MR) is 88.9 cm³/mol. The first-order valence-corrected chi connectivity index (χ1v) is 7.84. The maximum atomic E-state index is 12.5. The van der Waals surface area contributed by atoms with E-state index in [1.807, 2.05) is 47.4 Å². The number of benzene rings is 2. The molecule has 2 aromatic rings. The number of hydrogen-bond donors (Lipinski definition) is 1. The van der Waals surface area contributed by atoms with Gasteiger partial charge in [0, 0.05) is 30.1 Å². The number of carbonyl (C=O) groups excluding carboxylic acids is 1. The average molecular weight is 315 g/mol. The normalized spacial score (nSPS) is 21.1. The highest BCUT2D eigenvalue weighted by molar-refractivity contribution is 6.30. The van der Waals surface area contributed by atoms with Crippen molar-refractivity contribution in [2.24, 2.45) is 5.73 Å². The Labute approximate surface area is 135 Å². The van der Waals surface area contributed by atoms with Gasteiger partial charge in [-0.3, -0.25) is 4.79 Å². The van der Waals surface area contributed by atoms with Crippen LogP contribution in [0.25, 0.3) is 0 Å². The minimum absolute atomic E-state index is 0.00860. The Morgan fingerprint density at radius 1 is 1.14 bits per heavy atom. The monoisotopic (exact) mass is 314 g/mol. The van der Waals surface area contributed by atoms with Gasteiger partial charge in [0.2, 0.25) is 5.91 Å². The topological polar surface area (TPSA) is 46.3 Å². The number of nitrogens with zero attached hydrogens (tertiary/aromatic N) is 1. The number of likely N-dealkylation sites (tertiary alicyclic amines) is 1. The molecule has 1 amide bonds. The van der Waals surface area contributed by atoms with Crippen molar-refractivity contribution in [3.63, 3.8) is 0 Å². The van der Waals surface area contributed by atoms with Crippen LogP contribution < -0.4 is 5.73 Å². The van der Waals surface area contributed by atoms with Crippen LogP contribution in [0.4, 0.5) is 0 Å². The Morgan fingerprint density at radius 2 is 1.91 bits per heavy atom. The van der Waals surface area contributed by atoms with Gasteiger partial charge in [-0.2, -0.15) is 0 Å². The first kappa shape index (κ1) is 15.1.